The molecule has 2 aliphatic rings. The summed E-state index contributed by atoms with van der Waals surface area (Å²) in [5.74, 6) is 1.94. The molecule has 2 aliphatic heterocycles. The van der Waals surface area contributed by atoms with Gasteiger partial charge in [0.15, 0.2) is 11.5 Å². The first-order valence-electron chi connectivity index (χ1n) is 9.75. The molecule has 1 amide bonds. The van der Waals surface area contributed by atoms with E-state index in [-0.39, 0.29) is 11.9 Å². The molecule has 4 rings (SSSR count). The van der Waals surface area contributed by atoms with Gasteiger partial charge in [-0.05, 0) is 48.6 Å². The van der Waals surface area contributed by atoms with Crippen LogP contribution >= 0.6 is 0 Å². The van der Waals surface area contributed by atoms with Gasteiger partial charge in [-0.2, -0.15) is 0 Å². The van der Waals surface area contributed by atoms with Crippen molar-refractivity contribution < 1.29 is 19.0 Å². The first-order chi connectivity index (χ1) is 13.7. The minimum atomic E-state index is 0.0484. The zero-order valence-corrected chi connectivity index (χ0v) is 16.1. The summed E-state index contributed by atoms with van der Waals surface area (Å²) in [7, 11) is 1.60. The molecule has 1 saturated heterocycles. The second-order valence-corrected chi connectivity index (χ2v) is 7.10. The first kappa shape index (κ1) is 18.4. The highest BCUT2D eigenvalue weighted by atomic mass is 16.6. The van der Waals surface area contributed by atoms with Crippen molar-refractivity contribution in [1.29, 1.82) is 0 Å². The Morgan fingerprint density at radius 3 is 2.86 bits per heavy atom. The number of carbonyl (C=O) groups excluding carboxylic acids is 1. The summed E-state index contributed by atoms with van der Waals surface area (Å²) in [4.78, 5) is 14.8. The third kappa shape index (κ3) is 3.98. The van der Waals surface area contributed by atoms with E-state index in [9.17, 15) is 4.79 Å². The minimum absolute atomic E-state index is 0.0484. The number of likely N-dealkylation sites (tertiary alicyclic amines) is 1. The van der Waals surface area contributed by atoms with Crippen LogP contribution in [0.4, 0.5) is 0 Å². The van der Waals surface area contributed by atoms with Gasteiger partial charge in [-0.1, -0.05) is 30.3 Å². The Morgan fingerprint density at radius 2 is 2.04 bits per heavy atom. The maximum Gasteiger partial charge on any atom is 0.246 e. The number of hydrogen-bond acceptors (Lipinski definition) is 4. The van der Waals surface area contributed by atoms with Crippen molar-refractivity contribution >= 4 is 12.0 Å². The highest BCUT2D eigenvalue weighted by Crippen LogP contribution is 2.40. The molecule has 5 nitrogen and oxygen atoms in total. The number of rotatable bonds is 5. The van der Waals surface area contributed by atoms with Gasteiger partial charge in [-0.3, -0.25) is 4.79 Å². The molecule has 28 heavy (non-hydrogen) atoms. The fourth-order valence-corrected chi connectivity index (χ4v) is 3.88. The molecule has 1 fully saturated rings. The van der Waals surface area contributed by atoms with Crippen LogP contribution in [0.1, 0.15) is 24.0 Å². The SMILES string of the molecule is COc1cc(/C=C/C(=O)N2CCCC2Cc2ccccc2)cc2c1OCCO2. The Balaban J connectivity index is 1.47. The number of carbonyl (C=O) groups is 1. The van der Waals surface area contributed by atoms with Crippen molar-refractivity contribution in [3.63, 3.8) is 0 Å². The average molecular weight is 379 g/mol. The molecule has 146 valence electrons. The predicted molar refractivity (Wildman–Crippen MR) is 108 cm³/mol. The van der Waals surface area contributed by atoms with Gasteiger partial charge in [0, 0.05) is 18.7 Å². The van der Waals surface area contributed by atoms with Crippen LogP contribution in [0.15, 0.2) is 48.5 Å². The molecular weight excluding hydrogens is 354 g/mol. The second kappa shape index (κ2) is 8.38. The Bertz CT molecular complexity index is 845. The lowest BCUT2D eigenvalue weighted by molar-refractivity contribution is -0.126. The summed E-state index contributed by atoms with van der Waals surface area (Å²) in [6, 6.07) is 14.4. The van der Waals surface area contributed by atoms with Gasteiger partial charge in [0.1, 0.15) is 13.2 Å². The zero-order chi connectivity index (χ0) is 19.3. The average Bonchev–Trinajstić information content (AvgIpc) is 3.20. The molecule has 1 unspecified atom stereocenters. The standard InChI is InChI=1S/C23H25NO4/c1-26-20-15-18(16-21-23(20)28-13-12-27-21)9-10-22(25)24-11-5-8-19(24)14-17-6-3-2-4-7-17/h2-4,6-7,9-10,15-16,19H,5,8,11-14H2,1H3/b10-9+. The third-order valence-corrected chi connectivity index (χ3v) is 5.24. The Kier molecular flexibility index (Phi) is 5.51. The second-order valence-electron chi connectivity index (χ2n) is 7.10. The number of benzene rings is 2. The van der Waals surface area contributed by atoms with E-state index in [4.69, 9.17) is 14.2 Å². The van der Waals surface area contributed by atoms with Crippen LogP contribution in [0.25, 0.3) is 6.08 Å². The van der Waals surface area contributed by atoms with Crippen LogP contribution in [-0.2, 0) is 11.2 Å². The zero-order valence-electron chi connectivity index (χ0n) is 16.1. The highest BCUT2D eigenvalue weighted by molar-refractivity contribution is 5.92. The topological polar surface area (TPSA) is 48.0 Å². The summed E-state index contributed by atoms with van der Waals surface area (Å²) >= 11 is 0. The quantitative estimate of drug-likeness (QED) is 0.743. The predicted octanol–water partition coefficient (Wildman–Crippen LogP) is 3.71. The molecule has 1 atom stereocenters. The molecule has 0 N–H and O–H groups in total. The first-order valence-corrected chi connectivity index (χ1v) is 9.75. The lowest BCUT2D eigenvalue weighted by atomic mass is 10.0. The smallest absolute Gasteiger partial charge is 0.246 e. The van der Waals surface area contributed by atoms with E-state index in [1.807, 2.05) is 41.3 Å². The summed E-state index contributed by atoms with van der Waals surface area (Å²) < 4.78 is 16.7. The van der Waals surface area contributed by atoms with E-state index < -0.39 is 0 Å². The largest absolute Gasteiger partial charge is 0.493 e. The van der Waals surface area contributed by atoms with Gasteiger partial charge in [0.2, 0.25) is 11.7 Å². The molecular formula is C23H25NO4. The van der Waals surface area contributed by atoms with Gasteiger partial charge >= 0.3 is 0 Å². The Morgan fingerprint density at radius 1 is 1.21 bits per heavy atom. The van der Waals surface area contributed by atoms with Crippen LogP contribution in [0.3, 0.4) is 0 Å². The van der Waals surface area contributed by atoms with Gasteiger partial charge in [-0.25, -0.2) is 0 Å². The van der Waals surface area contributed by atoms with Crippen molar-refractivity contribution in [2.45, 2.75) is 25.3 Å². The molecule has 0 aliphatic carbocycles. The van der Waals surface area contributed by atoms with E-state index in [0.717, 1.165) is 31.4 Å². The molecule has 2 aromatic carbocycles. The fraction of sp³-hybridized carbons (Fsp3) is 0.348. The third-order valence-electron chi connectivity index (χ3n) is 5.24. The summed E-state index contributed by atoms with van der Waals surface area (Å²) in [5, 5.41) is 0. The summed E-state index contributed by atoms with van der Waals surface area (Å²) in [6.07, 6.45) is 6.47. The van der Waals surface area contributed by atoms with Crippen LogP contribution in [0.2, 0.25) is 0 Å². The maximum absolute atomic E-state index is 12.8. The number of amides is 1. The van der Waals surface area contributed by atoms with Gasteiger partial charge in [0.25, 0.3) is 0 Å². The molecule has 0 bridgehead atoms. The van der Waals surface area contributed by atoms with Gasteiger partial charge < -0.3 is 19.1 Å². The lowest BCUT2D eigenvalue weighted by Gasteiger charge is -2.23. The Labute approximate surface area is 165 Å². The van der Waals surface area contributed by atoms with Crippen molar-refractivity contribution in [2.75, 3.05) is 26.9 Å². The van der Waals surface area contributed by atoms with Crippen LogP contribution in [0.5, 0.6) is 17.2 Å². The fourth-order valence-electron chi connectivity index (χ4n) is 3.88. The number of nitrogens with zero attached hydrogens (tertiary/aromatic N) is 1. The molecule has 0 saturated carbocycles. The normalized spacial score (nSPS) is 18.5. The van der Waals surface area contributed by atoms with Crippen LogP contribution in [0, 0.1) is 0 Å². The number of fused-ring (bicyclic) bond motifs is 1. The number of hydrogen-bond donors (Lipinski definition) is 0. The van der Waals surface area contributed by atoms with E-state index >= 15 is 0 Å². The summed E-state index contributed by atoms with van der Waals surface area (Å²) in [6.45, 7) is 1.83. The molecule has 2 aromatic rings. The molecule has 5 heteroatoms. The van der Waals surface area contributed by atoms with E-state index in [0.29, 0.717) is 30.5 Å². The monoisotopic (exact) mass is 379 g/mol. The number of methoxy groups -OCH3 is 1. The minimum Gasteiger partial charge on any atom is -0.493 e. The van der Waals surface area contributed by atoms with Crippen molar-refractivity contribution in [2.24, 2.45) is 0 Å². The molecule has 0 aromatic heterocycles. The van der Waals surface area contributed by atoms with E-state index in [1.165, 1.54) is 5.56 Å². The van der Waals surface area contributed by atoms with E-state index in [2.05, 4.69) is 12.1 Å². The van der Waals surface area contributed by atoms with Crippen LogP contribution in [-0.4, -0.2) is 43.7 Å². The highest BCUT2D eigenvalue weighted by Gasteiger charge is 2.27. The Hall–Kier alpha value is -2.95. The number of ether oxygens (including phenoxy) is 3. The summed E-state index contributed by atoms with van der Waals surface area (Å²) in [5.41, 5.74) is 2.13. The molecule has 2 heterocycles. The van der Waals surface area contributed by atoms with Crippen molar-refractivity contribution in [1.82, 2.24) is 4.90 Å². The van der Waals surface area contributed by atoms with Crippen LogP contribution < -0.4 is 14.2 Å². The van der Waals surface area contributed by atoms with Gasteiger partial charge in [0.05, 0.1) is 7.11 Å². The maximum atomic E-state index is 12.8. The van der Waals surface area contributed by atoms with E-state index in [1.54, 1.807) is 13.2 Å². The lowest BCUT2D eigenvalue weighted by Crippen LogP contribution is -2.35. The van der Waals surface area contributed by atoms with Gasteiger partial charge in [-0.15, -0.1) is 0 Å². The molecule has 0 radical (unpaired) electrons. The molecule has 0 spiro atoms. The van der Waals surface area contributed by atoms with Crippen molar-refractivity contribution in [3.05, 3.63) is 59.7 Å². The van der Waals surface area contributed by atoms with Crippen molar-refractivity contribution in [3.8, 4) is 17.2 Å².